The molecule has 0 amide bonds. The number of aromatic nitrogens is 4. The Balaban J connectivity index is 2.12. The zero-order valence-electron chi connectivity index (χ0n) is 12.3. The topological polar surface area (TPSA) is 72.7 Å². The number of rotatable bonds is 5. The molecule has 21 heavy (non-hydrogen) atoms. The fraction of sp³-hybridized carbons (Fsp3) is 0.429. The third-order valence-electron chi connectivity index (χ3n) is 2.82. The number of anilines is 1. The molecule has 0 aliphatic rings. The highest BCUT2D eigenvalue weighted by Gasteiger charge is 2.09. The maximum atomic E-state index is 12.2. The van der Waals surface area contributed by atoms with Crippen LogP contribution in [0.5, 0.6) is 0 Å². The molecule has 2 aromatic rings. The van der Waals surface area contributed by atoms with Gasteiger partial charge < -0.3 is 5.32 Å². The minimum absolute atomic E-state index is 0.135. The molecule has 0 saturated carbocycles. The fourth-order valence-corrected chi connectivity index (χ4v) is 2.21. The van der Waals surface area contributed by atoms with Crippen molar-refractivity contribution in [3.8, 4) is 0 Å². The summed E-state index contributed by atoms with van der Waals surface area (Å²) in [7, 11) is 0. The minimum atomic E-state index is -0.135. The molecule has 0 saturated heterocycles. The van der Waals surface area contributed by atoms with Crippen LogP contribution in [0.1, 0.15) is 25.2 Å². The maximum absolute atomic E-state index is 12.2. The van der Waals surface area contributed by atoms with Gasteiger partial charge in [0.15, 0.2) is 0 Å². The molecule has 0 fully saturated rings. The lowest BCUT2D eigenvalue weighted by atomic mass is 10.2. The normalized spacial score (nSPS) is 10.9. The van der Waals surface area contributed by atoms with Crippen LogP contribution in [0.15, 0.2) is 27.9 Å². The molecule has 0 unspecified atom stereocenters. The zero-order chi connectivity index (χ0) is 15.4. The summed E-state index contributed by atoms with van der Waals surface area (Å²) >= 11 is 3.33. The van der Waals surface area contributed by atoms with Crippen LogP contribution in [0.3, 0.4) is 0 Å². The lowest BCUT2D eigenvalue weighted by Gasteiger charge is -2.11. The standard InChI is InChI=1S/C14H18BrN5O/c1-9(2)8-20-14(21)13(15)12(7-19-20)18-6-11-5-16-10(3)4-17-11/h4-5,7,9,18H,6,8H2,1-3H3. The molecule has 7 heteroatoms. The van der Waals surface area contributed by atoms with Crippen molar-refractivity contribution in [3.05, 3.63) is 44.8 Å². The number of aryl methyl sites for hydroxylation is 1. The van der Waals surface area contributed by atoms with E-state index in [2.05, 4.69) is 36.3 Å². The summed E-state index contributed by atoms with van der Waals surface area (Å²) in [5.74, 6) is 0.365. The Bertz CT molecular complexity index is 666. The first kappa shape index (κ1) is 15.6. The molecule has 0 aromatic carbocycles. The van der Waals surface area contributed by atoms with Gasteiger partial charge in [-0.25, -0.2) is 4.68 Å². The number of halogens is 1. The van der Waals surface area contributed by atoms with Crippen molar-refractivity contribution in [1.29, 1.82) is 0 Å². The van der Waals surface area contributed by atoms with Crippen molar-refractivity contribution in [3.63, 3.8) is 0 Å². The summed E-state index contributed by atoms with van der Waals surface area (Å²) in [5, 5.41) is 7.33. The predicted molar refractivity (Wildman–Crippen MR) is 85.1 cm³/mol. The summed E-state index contributed by atoms with van der Waals surface area (Å²) in [5.41, 5.74) is 2.20. The Labute approximate surface area is 131 Å². The molecule has 6 nitrogen and oxygen atoms in total. The lowest BCUT2D eigenvalue weighted by molar-refractivity contribution is 0.462. The first-order chi connectivity index (χ1) is 9.97. The van der Waals surface area contributed by atoms with E-state index in [9.17, 15) is 4.79 Å². The molecule has 0 atom stereocenters. The van der Waals surface area contributed by atoms with Gasteiger partial charge in [0, 0.05) is 12.7 Å². The number of hydrogen-bond acceptors (Lipinski definition) is 5. The number of nitrogens with zero attached hydrogens (tertiary/aromatic N) is 4. The largest absolute Gasteiger partial charge is 0.377 e. The molecule has 2 aromatic heterocycles. The minimum Gasteiger partial charge on any atom is -0.377 e. The highest BCUT2D eigenvalue weighted by atomic mass is 79.9. The molecule has 0 aliphatic heterocycles. The molecule has 0 bridgehead atoms. The van der Waals surface area contributed by atoms with E-state index >= 15 is 0 Å². The van der Waals surface area contributed by atoms with Gasteiger partial charge in [-0.1, -0.05) is 13.8 Å². The van der Waals surface area contributed by atoms with Gasteiger partial charge >= 0.3 is 0 Å². The van der Waals surface area contributed by atoms with E-state index in [1.807, 2.05) is 20.8 Å². The Morgan fingerprint density at radius 1 is 1.29 bits per heavy atom. The molecule has 112 valence electrons. The SMILES string of the molecule is Cc1cnc(CNc2cnn(CC(C)C)c(=O)c2Br)cn1. The summed E-state index contributed by atoms with van der Waals surface area (Å²) in [6.45, 7) is 7.07. The second kappa shape index (κ2) is 6.80. The van der Waals surface area contributed by atoms with E-state index in [1.54, 1.807) is 18.6 Å². The monoisotopic (exact) mass is 351 g/mol. The van der Waals surface area contributed by atoms with Gasteiger partial charge in [0.1, 0.15) is 4.47 Å². The highest BCUT2D eigenvalue weighted by Crippen LogP contribution is 2.17. The second-order valence-corrected chi connectivity index (χ2v) is 6.05. The van der Waals surface area contributed by atoms with Crippen molar-refractivity contribution in [2.75, 3.05) is 5.32 Å². The van der Waals surface area contributed by atoms with Crippen LogP contribution in [0.2, 0.25) is 0 Å². The van der Waals surface area contributed by atoms with Crippen LogP contribution in [0, 0.1) is 12.8 Å². The van der Waals surface area contributed by atoms with Crippen LogP contribution in [-0.4, -0.2) is 19.7 Å². The van der Waals surface area contributed by atoms with Gasteiger partial charge in [0.05, 0.1) is 36.0 Å². The molecule has 1 N–H and O–H groups in total. The van der Waals surface area contributed by atoms with E-state index in [-0.39, 0.29) is 5.56 Å². The van der Waals surface area contributed by atoms with Crippen molar-refractivity contribution < 1.29 is 0 Å². The van der Waals surface area contributed by atoms with E-state index in [0.29, 0.717) is 29.2 Å². The molecule has 2 heterocycles. The first-order valence-corrected chi connectivity index (χ1v) is 7.53. The number of hydrogen-bond donors (Lipinski definition) is 1. The van der Waals surface area contributed by atoms with Crippen LogP contribution < -0.4 is 10.9 Å². The van der Waals surface area contributed by atoms with Crippen molar-refractivity contribution in [2.45, 2.75) is 33.9 Å². The average molecular weight is 352 g/mol. The Morgan fingerprint density at radius 3 is 2.67 bits per heavy atom. The van der Waals surface area contributed by atoms with Crippen molar-refractivity contribution in [1.82, 2.24) is 19.7 Å². The fourth-order valence-electron chi connectivity index (χ4n) is 1.76. The summed E-state index contributed by atoms with van der Waals surface area (Å²) in [6.07, 6.45) is 5.07. The van der Waals surface area contributed by atoms with Gasteiger partial charge in [0.2, 0.25) is 0 Å². The molecular weight excluding hydrogens is 334 g/mol. The van der Waals surface area contributed by atoms with Gasteiger partial charge in [0.25, 0.3) is 5.56 Å². The zero-order valence-corrected chi connectivity index (χ0v) is 13.9. The summed E-state index contributed by atoms with van der Waals surface area (Å²) in [6, 6.07) is 0. The molecule has 0 aliphatic carbocycles. The van der Waals surface area contributed by atoms with Crippen LogP contribution >= 0.6 is 15.9 Å². The van der Waals surface area contributed by atoms with Crippen molar-refractivity contribution in [2.24, 2.45) is 5.92 Å². The highest BCUT2D eigenvalue weighted by molar-refractivity contribution is 9.10. The molecule has 0 spiro atoms. The Kier molecular flexibility index (Phi) is 5.06. The van der Waals surface area contributed by atoms with E-state index < -0.39 is 0 Å². The Morgan fingerprint density at radius 2 is 2.05 bits per heavy atom. The van der Waals surface area contributed by atoms with Gasteiger partial charge in [-0.2, -0.15) is 5.10 Å². The lowest BCUT2D eigenvalue weighted by Crippen LogP contribution is -2.26. The van der Waals surface area contributed by atoms with Crippen LogP contribution in [0.4, 0.5) is 5.69 Å². The van der Waals surface area contributed by atoms with E-state index in [0.717, 1.165) is 11.4 Å². The van der Waals surface area contributed by atoms with E-state index in [4.69, 9.17) is 0 Å². The Hall–Kier alpha value is -1.76. The molecule has 2 rings (SSSR count). The average Bonchev–Trinajstić information content (AvgIpc) is 2.44. The molecule has 0 radical (unpaired) electrons. The van der Waals surface area contributed by atoms with Gasteiger partial charge in [-0.05, 0) is 28.8 Å². The smallest absolute Gasteiger partial charge is 0.283 e. The van der Waals surface area contributed by atoms with Crippen LogP contribution in [-0.2, 0) is 13.1 Å². The third kappa shape index (κ3) is 4.10. The molecular formula is C14H18BrN5O. The van der Waals surface area contributed by atoms with Crippen LogP contribution in [0.25, 0.3) is 0 Å². The summed E-state index contributed by atoms with van der Waals surface area (Å²) < 4.78 is 1.95. The quantitative estimate of drug-likeness (QED) is 0.895. The van der Waals surface area contributed by atoms with Gasteiger partial charge in [-0.3, -0.25) is 14.8 Å². The summed E-state index contributed by atoms with van der Waals surface area (Å²) in [4.78, 5) is 20.6. The third-order valence-corrected chi connectivity index (χ3v) is 3.58. The predicted octanol–water partition coefficient (Wildman–Crippen LogP) is 2.37. The van der Waals surface area contributed by atoms with E-state index in [1.165, 1.54) is 4.68 Å². The first-order valence-electron chi connectivity index (χ1n) is 6.74. The second-order valence-electron chi connectivity index (χ2n) is 5.26. The maximum Gasteiger partial charge on any atom is 0.283 e. The van der Waals surface area contributed by atoms with Gasteiger partial charge in [-0.15, -0.1) is 0 Å². The van der Waals surface area contributed by atoms with Crippen molar-refractivity contribution >= 4 is 21.6 Å². The number of nitrogens with one attached hydrogen (secondary N) is 1.